The molecule has 0 saturated carbocycles. The van der Waals surface area contributed by atoms with Crippen LogP contribution in [0.4, 0.5) is 0 Å². The van der Waals surface area contributed by atoms with Crippen LogP contribution in [-0.2, 0) is 19.7 Å². The second-order valence-corrected chi connectivity index (χ2v) is 17.3. The minimum Gasteiger partial charge on any atom is -0.224 e. The van der Waals surface area contributed by atoms with Crippen LogP contribution in [0.3, 0.4) is 0 Å². The summed E-state index contributed by atoms with van der Waals surface area (Å²) in [5, 5.41) is 0. The van der Waals surface area contributed by atoms with Gasteiger partial charge in [0.25, 0.3) is 0 Å². The Morgan fingerprint density at radius 3 is 1.11 bits per heavy atom. The fourth-order valence-electron chi connectivity index (χ4n) is 4.86. The molecule has 0 aliphatic rings. The van der Waals surface area contributed by atoms with Crippen molar-refractivity contribution >= 4 is 42.3 Å². The molecule has 0 fully saturated rings. The van der Waals surface area contributed by atoms with Crippen LogP contribution in [0.1, 0.15) is 126 Å². The van der Waals surface area contributed by atoms with Crippen molar-refractivity contribution in [3.63, 3.8) is 0 Å². The van der Waals surface area contributed by atoms with E-state index in [1.54, 1.807) is 12.1 Å². The van der Waals surface area contributed by atoms with Crippen molar-refractivity contribution in [1.29, 1.82) is 0 Å². The largest absolute Gasteiger partial charge is 0.224 e. The first-order valence-corrected chi connectivity index (χ1v) is 19.7. The molecule has 0 N–H and O–H groups in total. The summed E-state index contributed by atoms with van der Waals surface area (Å²) in [5.74, 6) is 0.362. The average molecular weight is 603 g/mol. The van der Waals surface area contributed by atoms with Gasteiger partial charge in [-0.1, -0.05) is 104 Å². The summed E-state index contributed by atoms with van der Waals surface area (Å²) in [6.07, 6.45) is 17.9. The van der Waals surface area contributed by atoms with E-state index in [2.05, 4.69) is 13.8 Å². The van der Waals surface area contributed by atoms with Gasteiger partial charge >= 0.3 is 0 Å². The maximum Gasteiger partial charge on any atom is 0.179 e. The minimum atomic E-state index is -3.34. The van der Waals surface area contributed by atoms with Gasteiger partial charge in [-0.05, 0) is 38.8 Å². The summed E-state index contributed by atoms with van der Waals surface area (Å²) < 4.78 is 52.2. The number of hydrogen-bond donors (Lipinski definition) is 0. The Hall–Kier alpha value is -0.700. The van der Waals surface area contributed by atoms with Gasteiger partial charge in [0.2, 0.25) is 0 Å². The first-order valence-electron chi connectivity index (χ1n) is 14.8. The molecule has 0 unspecified atom stereocenters. The maximum atomic E-state index is 13.1. The van der Waals surface area contributed by atoms with Gasteiger partial charge in [-0.15, -0.1) is 22.7 Å². The van der Waals surface area contributed by atoms with Gasteiger partial charge in [-0.2, -0.15) is 0 Å². The Morgan fingerprint density at radius 2 is 0.789 bits per heavy atom. The number of hydrogen-bond acceptors (Lipinski definition) is 6. The molecule has 8 heteroatoms. The van der Waals surface area contributed by atoms with E-state index in [0.717, 1.165) is 45.2 Å². The molecule has 0 aliphatic heterocycles. The van der Waals surface area contributed by atoms with Crippen LogP contribution >= 0.6 is 22.7 Å². The summed E-state index contributed by atoms with van der Waals surface area (Å²) in [7, 11) is -6.68. The second kappa shape index (κ2) is 17.2. The molecule has 0 radical (unpaired) electrons. The lowest BCUT2D eigenvalue weighted by molar-refractivity contribution is 0.572. The average Bonchev–Trinajstić information content (AvgIpc) is 3.46. The Labute approximate surface area is 241 Å². The monoisotopic (exact) mass is 602 g/mol. The lowest BCUT2D eigenvalue weighted by Gasteiger charge is -2.04. The molecule has 0 atom stereocenters. The number of thiophene rings is 2. The van der Waals surface area contributed by atoms with Crippen molar-refractivity contribution in [2.24, 2.45) is 0 Å². The lowest BCUT2D eigenvalue weighted by atomic mass is 10.1. The Balaban J connectivity index is 1.93. The SMILES string of the molecule is CCCCCCCCCCS(=O)(=O)c1cc(-c2cc(S(=O)(=O)CCCCCCCCCC)c(C)s2)sc1C. The smallest absolute Gasteiger partial charge is 0.179 e. The van der Waals surface area contributed by atoms with Gasteiger partial charge in [0.1, 0.15) is 0 Å². The second-order valence-electron chi connectivity index (χ2n) is 10.6. The fourth-order valence-corrected chi connectivity index (χ4v) is 11.0. The molecule has 4 nitrogen and oxygen atoms in total. The number of unbranched alkanes of at least 4 members (excludes halogenated alkanes) is 14. The van der Waals surface area contributed by atoms with Crippen LogP contribution in [0.2, 0.25) is 0 Å². The van der Waals surface area contributed by atoms with E-state index in [1.165, 1.54) is 86.9 Å². The summed E-state index contributed by atoms with van der Waals surface area (Å²) in [6, 6.07) is 3.53. The van der Waals surface area contributed by atoms with E-state index in [-0.39, 0.29) is 11.5 Å². The standard InChI is InChI=1S/C30H50O4S4/c1-5-7-9-11-13-15-17-19-21-37(31,32)29-23-27(35-25(29)3)28-24-30(26(4)36-28)38(33,34)22-20-18-16-14-12-10-8-6-2/h23-24H,5-22H2,1-4H3. The molecule has 2 heterocycles. The lowest BCUT2D eigenvalue weighted by Crippen LogP contribution is -2.07. The predicted octanol–water partition coefficient (Wildman–Crippen LogP) is 9.92. The van der Waals surface area contributed by atoms with Crippen LogP contribution < -0.4 is 0 Å². The molecule has 0 spiro atoms. The first-order chi connectivity index (χ1) is 18.1. The van der Waals surface area contributed by atoms with E-state index in [0.29, 0.717) is 22.6 Å². The van der Waals surface area contributed by atoms with Crippen molar-refractivity contribution < 1.29 is 16.8 Å². The summed E-state index contributed by atoms with van der Waals surface area (Å²) >= 11 is 2.90. The number of aryl methyl sites for hydroxylation is 2. The van der Waals surface area contributed by atoms with Gasteiger partial charge in [0.15, 0.2) is 19.7 Å². The molecule has 2 aromatic rings. The van der Waals surface area contributed by atoms with E-state index in [1.807, 2.05) is 13.8 Å². The number of sulfone groups is 2. The van der Waals surface area contributed by atoms with E-state index in [4.69, 9.17) is 0 Å². The van der Waals surface area contributed by atoms with E-state index < -0.39 is 19.7 Å². The molecule has 218 valence electrons. The first kappa shape index (κ1) is 33.5. The molecule has 2 rings (SSSR count). The highest BCUT2D eigenvalue weighted by molar-refractivity contribution is 7.92. The molecule has 0 saturated heterocycles. The van der Waals surface area contributed by atoms with Crippen LogP contribution in [0.5, 0.6) is 0 Å². The predicted molar refractivity (Wildman–Crippen MR) is 166 cm³/mol. The van der Waals surface area contributed by atoms with Gasteiger partial charge in [-0.25, -0.2) is 16.8 Å². The van der Waals surface area contributed by atoms with Crippen molar-refractivity contribution in [1.82, 2.24) is 0 Å². The normalized spacial score (nSPS) is 12.4. The van der Waals surface area contributed by atoms with Crippen LogP contribution in [0.25, 0.3) is 9.75 Å². The molecular weight excluding hydrogens is 553 g/mol. The fraction of sp³-hybridized carbons (Fsp3) is 0.733. The summed E-state index contributed by atoms with van der Waals surface area (Å²) in [5.41, 5.74) is 0. The zero-order chi connectivity index (χ0) is 28.0. The summed E-state index contributed by atoms with van der Waals surface area (Å²) in [4.78, 5) is 4.09. The number of rotatable bonds is 21. The highest BCUT2D eigenvalue weighted by Gasteiger charge is 2.24. The molecule has 0 aliphatic carbocycles. The van der Waals surface area contributed by atoms with Crippen molar-refractivity contribution in [3.8, 4) is 9.75 Å². The molecule has 2 aromatic heterocycles. The molecule has 0 amide bonds. The van der Waals surface area contributed by atoms with E-state index >= 15 is 0 Å². The van der Waals surface area contributed by atoms with Gasteiger partial charge in [-0.3, -0.25) is 0 Å². The maximum absolute atomic E-state index is 13.1. The van der Waals surface area contributed by atoms with Crippen molar-refractivity contribution in [3.05, 3.63) is 21.9 Å². The van der Waals surface area contributed by atoms with Crippen LogP contribution in [-0.4, -0.2) is 28.3 Å². The highest BCUT2D eigenvalue weighted by Crippen LogP contribution is 2.40. The minimum absolute atomic E-state index is 0.181. The third-order valence-electron chi connectivity index (χ3n) is 7.19. The zero-order valence-corrected chi connectivity index (χ0v) is 27.4. The Kier molecular flexibility index (Phi) is 15.2. The molecular formula is C30H50O4S4. The molecule has 0 bridgehead atoms. The van der Waals surface area contributed by atoms with Crippen LogP contribution in [0.15, 0.2) is 21.9 Å². The van der Waals surface area contributed by atoms with Gasteiger partial charge in [0, 0.05) is 19.5 Å². The van der Waals surface area contributed by atoms with E-state index in [9.17, 15) is 16.8 Å². The van der Waals surface area contributed by atoms with Crippen LogP contribution in [0, 0.1) is 13.8 Å². The van der Waals surface area contributed by atoms with Crippen molar-refractivity contribution in [2.75, 3.05) is 11.5 Å². The van der Waals surface area contributed by atoms with Crippen molar-refractivity contribution in [2.45, 2.75) is 140 Å². The summed E-state index contributed by atoms with van der Waals surface area (Å²) in [6.45, 7) is 8.13. The quantitative estimate of drug-likeness (QED) is 0.133. The van der Waals surface area contributed by atoms with Gasteiger partial charge in [0.05, 0.1) is 21.3 Å². The third-order valence-corrected chi connectivity index (χ3v) is 13.6. The Bertz CT molecular complexity index is 1060. The zero-order valence-electron chi connectivity index (χ0n) is 24.1. The highest BCUT2D eigenvalue weighted by atomic mass is 32.2. The topological polar surface area (TPSA) is 68.3 Å². The molecule has 38 heavy (non-hydrogen) atoms. The molecule has 0 aromatic carbocycles. The van der Waals surface area contributed by atoms with Gasteiger partial charge < -0.3 is 0 Å². The Morgan fingerprint density at radius 1 is 0.500 bits per heavy atom. The third kappa shape index (κ3) is 11.1.